The van der Waals surface area contributed by atoms with Gasteiger partial charge in [0, 0.05) is 119 Å². The van der Waals surface area contributed by atoms with Crippen molar-refractivity contribution < 1.29 is 0 Å². The lowest BCUT2D eigenvalue weighted by atomic mass is 9.96. The van der Waals surface area contributed by atoms with Gasteiger partial charge in [-0.15, -0.1) is 22.7 Å². The molecule has 576 valence electrons. The second-order valence-corrected chi connectivity index (χ2v) is 46.4. The molecule has 0 atom stereocenters. The number of benzene rings is 20. The fourth-order valence-electron chi connectivity index (χ4n) is 18.2. The summed E-state index contributed by atoms with van der Waals surface area (Å²) in [6.45, 7) is 18.8. The third-order valence-corrected chi connectivity index (χ3v) is 30.9. The molecule has 0 saturated heterocycles. The molecule has 120 heavy (non-hydrogen) atoms. The van der Waals surface area contributed by atoms with Gasteiger partial charge in [0.25, 0.3) is 0 Å². The van der Waals surface area contributed by atoms with Crippen LogP contribution in [0.3, 0.4) is 0 Å². The number of hydrogen-bond acceptors (Lipinski definition) is 6. The summed E-state index contributed by atoms with van der Waals surface area (Å²) < 4.78 is 5.21. The van der Waals surface area contributed by atoms with Gasteiger partial charge in [0.2, 0.25) is 0 Å². The Morgan fingerprint density at radius 2 is 0.475 bits per heavy atom. The van der Waals surface area contributed by atoms with Crippen LogP contribution in [0.4, 0.5) is 68.2 Å². The second kappa shape index (κ2) is 29.9. The van der Waals surface area contributed by atoms with Gasteiger partial charge in [-0.1, -0.05) is 316 Å². The SMILES string of the molecule is C[Si](C)(C)c1ccc(N(c2ccc3ccccc3c2)c2ccc3c(c2)sc2c4ccc(N(c5ccc([Si](C)(C)C)cc5)c5ccc6ccccc6c5)cc4c4ccccc4c32)cc1.Cc1ccc(N(c2ccc3c(c2)sc2c4ccc(N(c5ccc(C)cc5)c5cccc6ccccc56)cc4c4ccccc4c32)c2cccc3ccccc23)cc1. The Morgan fingerprint density at radius 3 is 0.875 bits per heavy atom. The molecule has 22 aromatic rings. The van der Waals surface area contributed by atoms with Gasteiger partial charge in [0.05, 0.1) is 27.5 Å². The van der Waals surface area contributed by atoms with Crippen LogP contribution in [-0.2, 0) is 0 Å². The van der Waals surface area contributed by atoms with Crippen LogP contribution in [0.25, 0.3) is 127 Å². The monoisotopic (exact) mass is 1610 g/mol. The zero-order chi connectivity index (χ0) is 81.1. The van der Waals surface area contributed by atoms with Gasteiger partial charge < -0.3 is 19.6 Å². The van der Waals surface area contributed by atoms with Gasteiger partial charge >= 0.3 is 0 Å². The molecule has 0 amide bonds. The highest BCUT2D eigenvalue weighted by atomic mass is 32.1. The molecular formula is C112H88N4S2Si2. The average Bonchev–Trinajstić information content (AvgIpc) is 1.54. The largest absolute Gasteiger partial charge is 0.310 e. The molecule has 0 saturated carbocycles. The summed E-state index contributed by atoms with van der Waals surface area (Å²) in [5.74, 6) is 0. The third-order valence-electron chi connectivity index (χ3n) is 24.4. The maximum absolute atomic E-state index is 2.44. The molecule has 0 spiro atoms. The molecule has 22 rings (SSSR count). The maximum atomic E-state index is 2.44. The maximum Gasteiger partial charge on any atom is 0.0775 e. The number of nitrogens with zero attached hydrogens (tertiary/aromatic N) is 4. The minimum atomic E-state index is -1.48. The predicted molar refractivity (Wildman–Crippen MR) is 533 cm³/mol. The Bertz CT molecular complexity index is 7780. The first-order valence-electron chi connectivity index (χ1n) is 41.7. The zero-order valence-electron chi connectivity index (χ0n) is 68.6. The van der Waals surface area contributed by atoms with Crippen molar-refractivity contribution in [2.75, 3.05) is 19.6 Å². The van der Waals surface area contributed by atoms with Crippen LogP contribution in [0.5, 0.6) is 0 Å². The van der Waals surface area contributed by atoms with E-state index in [0.717, 1.165) is 51.2 Å². The molecule has 0 fully saturated rings. The Balaban J connectivity index is 0.000000149. The van der Waals surface area contributed by atoms with Gasteiger partial charge in [0.15, 0.2) is 0 Å². The average molecular weight is 1610 g/mol. The van der Waals surface area contributed by atoms with E-state index >= 15 is 0 Å². The first-order valence-corrected chi connectivity index (χ1v) is 50.3. The molecule has 2 heterocycles. The lowest BCUT2D eigenvalue weighted by Crippen LogP contribution is -2.37. The van der Waals surface area contributed by atoms with Crippen molar-refractivity contribution in [2.45, 2.75) is 53.1 Å². The van der Waals surface area contributed by atoms with Gasteiger partial charge in [-0.2, -0.15) is 0 Å². The minimum absolute atomic E-state index is 1.14. The summed E-state index contributed by atoms with van der Waals surface area (Å²) in [7, 11) is -2.94. The summed E-state index contributed by atoms with van der Waals surface area (Å²) in [5, 5.41) is 28.3. The summed E-state index contributed by atoms with van der Waals surface area (Å²) in [5.41, 5.74) is 16.4. The molecule has 0 bridgehead atoms. The summed E-state index contributed by atoms with van der Waals surface area (Å²) in [4.78, 5) is 9.71. The van der Waals surface area contributed by atoms with Crippen LogP contribution >= 0.6 is 22.7 Å². The Labute approximate surface area is 710 Å². The van der Waals surface area contributed by atoms with Crippen molar-refractivity contribution in [1.82, 2.24) is 0 Å². The summed E-state index contributed by atoms with van der Waals surface area (Å²) in [6.07, 6.45) is 0. The molecular weight excluding hydrogens is 1520 g/mol. The first-order chi connectivity index (χ1) is 58.6. The third kappa shape index (κ3) is 13.3. The molecule has 0 aliphatic carbocycles. The summed E-state index contributed by atoms with van der Waals surface area (Å²) in [6, 6.07) is 144. The second-order valence-electron chi connectivity index (χ2n) is 34.2. The van der Waals surface area contributed by atoms with Crippen LogP contribution in [0, 0.1) is 13.8 Å². The fourth-order valence-corrected chi connectivity index (χ4v) is 23.1. The molecule has 0 aliphatic heterocycles. The molecule has 0 radical (unpaired) electrons. The molecule has 20 aromatic carbocycles. The summed E-state index contributed by atoms with van der Waals surface area (Å²) >= 11 is 3.82. The lowest BCUT2D eigenvalue weighted by Gasteiger charge is -2.27. The smallest absolute Gasteiger partial charge is 0.0775 e. The van der Waals surface area contributed by atoms with Gasteiger partial charge in [-0.05, 0) is 212 Å². The van der Waals surface area contributed by atoms with Crippen molar-refractivity contribution in [3.8, 4) is 0 Å². The lowest BCUT2D eigenvalue weighted by molar-refractivity contribution is 1.29. The van der Waals surface area contributed by atoms with E-state index in [-0.39, 0.29) is 0 Å². The van der Waals surface area contributed by atoms with Crippen molar-refractivity contribution in [1.29, 1.82) is 0 Å². The molecule has 4 nitrogen and oxygen atoms in total. The van der Waals surface area contributed by atoms with Crippen LogP contribution in [0.15, 0.2) is 388 Å². The first kappa shape index (κ1) is 74.1. The Hall–Kier alpha value is -13.4. The topological polar surface area (TPSA) is 13.0 Å². The molecule has 0 N–H and O–H groups in total. The van der Waals surface area contributed by atoms with Crippen LogP contribution in [-0.4, -0.2) is 16.1 Å². The van der Waals surface area contributed by atoms with Crippen molar-refractivity contribution >= 4 is 244 Å². The quantitative estimate of drug-likeness (QED) is 0.0795. The van der Waals surface area contributed by atoms with E-state index < -0.39 is 16.1 Å². The number of anilines is 12. The van der Waals surface area contributed by atoms with E-state index in [1.165, 1.54) is 165 Å². The number of hydrogen-bond donors (Lipinski definition) is 0. The van der Waals surface area contributed by atoms with Crippen LogP contribution in [0.2, 0.25) is 39.3 Å². The predicted octanol–water partition coefficient (Wildman–Crippen LogP) is 32.9. The Kier molecular flexibility index (Phi) is 18.4. The highest BCUT2D eigenvalue weighted by Gasteiger charge is 2.27. The van der Waals surface area contributed by atoms with E-state index in [2.05, 4.69) is 461 Å². The molecule has 2 aromatic heterocycles. The van der Waals surface area contributed by atoms with Gasteiger partial charge in [0.1, 0.15) is 0 Å². The molecule has 0 aliphatic rings. The number of fused-ring (bicyclic) bond motifs is 20. The van der Waals surface area contributed by atoms with E-state index in [4.69, 9.17) is 0 Å². The van der Waals surface area contributed by atoms with Crippen LogP contribution < -0.4 is 30.0 Å². The Morgan fingerprint density at radius 1 is 0.192 bits per heavy atom. The van der Waals surface area contributed by atoms with Crippen molar-refractivity contribution in [3.05, 3.63) is 399 Å². The standard InChI is InChI=1S/C58H50N2SSi2.C54H38N2S/c1-62(2,3)49-29-23-43(24-30-49)59(45-21-19-39-13-7-9-15-41(39)35-45)47-27-33-53-55(37-47)51-17-11-12-18-52(51)57-54-34-28-48(38-56(54)61-58(53)57)60(44-25-31-50(32-26-44)63(4,5)6)46-22-20-40-14-8-10-16-42(40)36-46;1-35-21-25-39(26-22-35)55(50-19-9-13-37-11-3-5-15-43(37)50)41-29-31-47-49(33-41)45-17-7-8-18-46(45)53-48-32-30-42(34-52(48)57-54(47)53)56(40-27-23-36(2)24-28-40)51-20-10-14-38-12-4-6-16-44(38)51/h7-38H,1-6H3;3-34H,1-2H3. The van der Waals surface area contributed by atoms with E-state index in [0.29, 0.717) is 0 Å². The van der Waals surface area contributed by atoms with E-state index in [1.807, 2.05) is 22.7 Å². The highest BCUT2D eigenvalue weighted by molar-refractivity contribution is 7.27. The zero-order valence-corrected chi connectivity index (χ0v) is 72.2. The van der Waals surface area contributed by atoms with Crippen LogP contribution in [0.1, 0.15) is 11.1 Å². The fraction of sp³-hybridized carbons (Fsp3) is 0.0714. The van der Waals surface area contributed by atoms with E-state index in [9.17, 15) is 0 Å². The molecule has 8 heteroatoms. The highest BCUT2D eigenvalue weighted by Crippen LogP contribution is 2.52. The van der Waals surface area contributed by atoms with Gasteiger partial charge in [-0.25, -0.2) is 0 Å². The number of rotatable bonds is 14. The minimum Gasteiger partial charge on any atom is -0.310 e. The normalized spacial score (nSPS) is 12.0. The van der Waals surface area contributed by atoms with Crippen molar-refractivity contribution in [2.24, 2.45) is 0 Å². The number of thiophene rings is 2. The van der Waals surface area contributed by atoms with Crippen molar-refractivity contribution in [3.63, 3.8) is 0 Å². The van der Waals surface area contributed by atoms with Gasteiger partial charge in [-0.3, -0.25) is 0 Å². The van der Waals surface area contributed by atoms with E-state index in [1.54, 1.807) is 0 Å². The molecule has 0 unspecified atom stereocenters. The number of aryl methyl sites for hydroxylation is 2.